The van der Waals surface area contributed by atoms with Gasteiger partial charge in [0.05, 0.1) is 5.71 Å². The molecule has 6 N–H and O–H groups in total. The first kappa shape index (κ1) is 11.0. The van der Waals surface area contributed by atoms with Gasteiger partial charge in [0.2, 0.25) is 0 Å². The van der Waals surface area contributed by atoms with Gasteiger partial charge in [-0.15, -0.1) is 0 Å². The fourth-order valence-electron chi connectivity index (χ4n) is 0.956. The molecule has 1 rings (SSSR count). The van der Waals surface area contributed by atoms with Crippen LogP contribution in [0.15, 0.2) is 29.4 Å². The zero-order chi connectivity index (χ0) is 11.3. The van der Waals surface area contributed by atoms with E-state index in [1.807, 2.05) is 17.6 Å². The van der Waals surface area contributed by atoms with Crippen LogP contribution in [-0.4, -0.2) is 11.7 Å². The normalized spacial score (nSPS) is 10.9. The molecule has 15 heavy (non-hydrogen) atoms. The number of carbonyl (C=O) groups excluding carboxylic acids is 1. The maximum Gasteiger partial charge on any atom is 0.349 e. The number of hydrazine groups is 1. The quantitative estimate of drug-likeness (QED) is 0.182. The average Bonchev–Trinajstić information content (AvgIpc) is 2.26. The lowest BCUT2D eigenvalue weighted by molar-refractivity contribution is 0.241. The van der Waals surface area contributed by atoms with Crippen LogP contribution < -0.4 is 22.4 Å². The van der Waals surface area contributed by atoms with Crippen molar-refractivity contribution in [3.8, 4) is 0 Å². The van der Waals surface area contributed by atoms with Crippen LogP contribution in [0.25, 0.3) is 0 Å². The van der Waals surface area contributed by atoms with Crippen molar-refractivity contribution in [2.75, 3.05) is 5.73 Å². The lowest BCUT2D eigenvalue weighted by Crippen LogP contribution is -2.37. The number of hydrogen-bond donors (Lipinski definition) is 4. The first-order valence-electron chi connectivity index (χ1n) is 4.30. The SMILES string of the molecule is C/C(=N/NC(=O)NN)c1ccc(N)cc1. The first-order valence-corrected chi connectivity index (χ1v) is 4.30. The highest BCUT2D eigenvalue weighted by Gasteiger charge is 1.98. The summed E-state index contributed by atoms with van der Waals surface area (Å²) in [6.45, 7) is 1.77. The van der Waals surface area contributed by atoms with Gasteiger partial charge in [0.25, 0.3) is 0 Å². The second kappa shape index (κ2) is 4.97. The Labute approximate surface area is 87.3 Å². The van der Waals surface area contributed by atoms with Gasteiger partial charge < -0.3 is 5.73 Å². The van der Waals surface area contributed by atoms with E-state index in [4.69, 9.17) is 11.6 Å². The van der Waals surface area contributed by atoms with Gasteiger partial charge in [-0.3, -0.25) is 5.43 Å². The molecule has 0 heterocycles. The average molecular weight is 207 g/mol. The monoisotopic (exact) mass is 207 g/mol. The lowest BCUT2D eigenvalue weighted by atomic mass is 10.1. The molecule has 80 valence electrons. The molecule has 6 heteroatoms. The Morgan fingerprint density at radius 2 is 1.93 bits per heavy atom. The van der Waals surface area contributed by atoms with Crippen LogP contribution in [0.3, 0.4) is 0 Å². The van der Waals surface area contributed by atoms with Gasteiger partial charge in [-0.25, -0.2) is 16.1 Å². The summed E-state index contributed by atoms with van der Waals surface area (Å²) in [7, 11) is 0. The number of anilines is 1. The minimum Gasteiger partial charge on any atom is -0.399 e. The third kappa shape index (κ3) is 3.28. The van der Waals surface area contributed by atoms with Crippen LogP contribution in [-0.2, 0) is 0 Å². The third-order valence-electron chi connectivity index (χ3n) is 1.78. The van der Waals surface area contributed by atoms with Crippen molar-refractivity contribution in [3.63, 3.8) is 0 Å². The molecule has 0 bridgehead atoms. The minimum atomic E-state index is -0.565. The summed E-state index contributed by atoms with van der Waals surface area (Å²) in [5.41, 5.74) is 11.9. The van der Waals surface area contributed by atoms with Gasteiger partial charge in [-0.05, 0) is 24.6 Å². The fourth-order valence-corrected chi connectivity index (χ4v) is 0.956. The van der Waals surface area contributed by atoms with Gasteiger partial charge in [0.1, 0.15) is 0 Å². The highest BCUT2D eigenvalue weighted by atomic mass is 16.2. The van der Waals surface area contributed by atoms with Crippen molar-refractivity contribution in [2.24, 2.45) is 10.9 Å². The largest absolute Gasteiger partial charge is 0.399 e. The molecule has 1 aromatic carbocycles. The maximum atomic E-state index is 10.7. The summed E-state index contributed by atoms with van der Waals surface area (Å²) >= 11 is 0. The molecular weight excluding hydrogens is 194 g/mol. The predicted molar refractivity (Wildman–Crippen MR) is 58.9 cm³/mol. The number of carbonyl (C=O) groups is 1. The molecule has 0 aliphatic carbocycles. The van der Waals surface area contributed by atoms with E-state index in [0.717, 1.165) is 5.56 Å². The van der Waals surface area contributed by atoms with Gasteiger partial charge >= 0.3 is 6.03 Å². The summed E-state index contributed by atoms with van der Waals surface area (Å²) in [6.07, 6.45) is 0. The number of nitrogen functional groups attached to an aromatic ring is 1. The number of amides is 2. The van der Waals surface area contributed by atoms with Crippen molar-refractivity contribution in [1.29, 1.82) is 0 Å². The summed E-state index contributed by atoms with van der Waals surface area (Å²) < 4.78 is 0. The molecule has 0 atom stereocenters. The van der Waals surface area contributed by atoms with Crippen LogP contribution in [0.4, 0.5) is 10.5 Å². The molecule has 0 fully saturated rings. The molecule has 0 unspecified atom stereocenters. The molecule has 0 aliphatic rings. The van der Waals surface area contributed by atoms with Crippen LogP contribution in [0, 0.1) is 0 Å². The van der Waals surface area contributed by atoms with E-state index in [1.165, 1.54) is 0 Å². The Hall–Kier alpha value is -2.08. The number of nitrogens with zero attached hydrogens (tertiary/aromatic N) is 1. The molecule has 0 radical (unpaired) electrons. The van der Waals surface area contributed by atoms with Gasteiger partial charge in [-0.1, -0.05) is 12.1 Å². The number of rotatable bonds is 2. The predicted octanol–water partition coefficient (Wildman–Crippen LogP) is 0.166. The van der Waals surface area contributed by atoms with Crippen molar-refractivity contribution < 1.29 is 4.79 Å². The fraction of sp³-hybridized carbons (Fsp3) is 0.111. The molecule has 6 nitrogen and oxygen atoms in total. The zero-order valence-corrected chi connectivity index (χ0v) is 8.32. The summed E-state index contributed by atoms with van der Waals surface area (Å²) in [5.74, 6) is 4.87. The summed E-state index contributed by atoms with van der Waals surface area (Å²) in [5, 5.41) is 3.83. The van der Waals surface area contributed by atoms with E-state index in [0.29, 0.717) is 11.4 Å². The van der Waals surface area contributed by atoms with Crippen LogP contribution in [0.1, 0.15) is 12.5 Å². The van der Waals surface area contributed by atoms with Gasteiger partial charge in [-0.2, -0.15) is 5.10 Å². The molecule has 1 aromatic rings. The number of hydrazone groups is 1. The molecular formula is C9H13N5O. The van der Waals surface area contributed by atoms with Crippen molar-refractivity contribution >= 4 is 17.4 Å². The highest BCUT2D eigenvalue weighted by molar-refractivity contribution is 5.99. The Bertz CT molecular complexity index is 371. The number of urea groups is 1. The topological polar surface area (TPSA) is 106 Å². The zero-order valence-electron chi connectivity index (χ0n) is 8.32. The first-order chi connectivity index (χ1) is 7.13. The van der Waals surface area contributed by atoms with Crippen LogP contribution >= 0.6 is 0 Å². The highest BCUT2D eigenvalue weighted by Crippen LogP contribution is 2.06. The van der Waals surface area contributed by atoms with Gasteiger partial charge in [0.15, 0.2) is 0 Å². The van der Waals surface area contributed by atoms with Crippen LogP contribution in [0.2, 0.25) is 0 Å². The number of nitrogens with two attached hydrogens (primary N) is 2. The lowest BCUT2D eigenvalue weighted by Gasteiger charge is -2.02. The standard InChI is InChI=1S/C9H13N5O/c1-6(13-14-9(15)12-11)7-2-4-8(10)5-3-7/h2-5H,10-11H2,1H3,(H2,12,14,15)/b13-6-. The van der Waals surface area contributed by atoms with E-state index in [9.17, 15) is 4.79 Å². The van der Waals surface area contributed by atoms with E-state index in [-0.39, 0.29) is 0 Å². The molecule has 0 aromatic heterocycles. The Kier molecular flexibility index (Phi) is 3.64. The molecule has 0 saturated carbocycles. The third-order valence-corrected chi connectivity index (χ3v) is 1.78. The summed E-state index contributed by atoms with van der Waals surface area (Å²) in [6, 6.07) is 6.59. The van der Waals surface area contributed by atoms with E-state index >= 15 is 0 Å². The Morgan fingerprint density at radius 1 is 1.33 bits per heavy atom. The van der Waals surface area contributed by atoms with E-state index in [1.54, 1.807) is 19.1 Å². The van der Waals surface area contributed by atoms with Gasteiger partial charge in [0, 0.05) is 5.69 Å². The van der Waals surface area contributed by atoms with Crippen molar-refractivity contribution in [2.45, 2.75) is 6.92 Å². The molecule has 2 amide bonds. The molecule has 0 aliphatic heterocycles. The number of benzene rings is 1. The Morgan fingerprint density at radius 3 is 2.47 bits per heavy atom. The maximum absolute atomic E-state index is 10.7. The second-order valence-corrected chi connectivity index (χ2v) is 2.90. The Balaban J connectivity index is 2.71. The van der Waals surface area contributed by atoms with E-state index < -0.39 is 6.03 Å². The molecule has 0 spiro atoms. The smallest absolute Gasteiger partial charge is 0.349 e. The van der Waals surface area contributed by atoms with Crippen molar-refractivity contribution in [3.05, 3.63) is 29.8 Å². The second-order valence-electron chi connectivity index (χ2n) is 2.90. The van der Waals surface area contributed by atoms with Crippen molar-refractivity contribution in [1.82, 2.24) is 10.9 Å². The number of nitrogens with one attached hydrogen (secondary N) is 2. The summed E-state index contributed by atoms with van der Waals surface area (Å²) in [4.78, 5) is 10.7. The molecule has 0 saturated heterocycles. The van der Waals surface area contributed by atoms with Crippen LogP contribution in [0.5, 0.6) is 0 Å². The minimum absolute atomic E-state index is 0.565. The number of hydrogen-bond acceptors (Lipinski definition) is 4. The van der Waals surface area contributed by atoms with E-state index in [2.05, 4.69) is 10.5 Å².